The second kappa shape index (κ2) is 5.89. The Hall–Kier alpha value is -1.52. The maximum Gasteiger partial charge on any atom is 0.257 e. The van der Waals surface area contributed by atoms with Gasteiger partial charge in [0, 0.05) is 25.0 Å². The summed E-state index contributed by atoms with van der Waals surface area (Å²) >= 11 is 0. The molecule has 0 radical (unpaired) electrons. The molecule has 2 rings (SSSR count). The highest BCUT2D eigenvalue weighted by Gasteiger charge is 2.20. The van der Waals surface area contributed by atoms with Crippen molar-refractivity contribution in [2.45, 2.75) is 13.0 Å². The second-order valence-electron chi connectivity index (χ2n) is 4.15. The highest BCUT2D eigenvalue weighted by molar-refractivity contribution is 6.05. The molecule has 1 heterocycles. The lowest BCUT2D eigenvalue weighted by Gasteiger charge is -2.23. The van der Waals surface area contributed by atoms with Gasteiger partial charge in [-0.3, -0.25) is 4.79 Å². The third kappa shape index (κ3) is 2.49. The van der Waals surface area contributed by atoms with Gasteiger partial charge in [0.15, 0.2) is 0 Å². The van der Waals surface area contributed by atoms with Crippen molar-refractivity contribution in [1.29, 1.82) is 0 Å². The molecule has 2 aromatic rings. The van der Waals surface area contributed by atoms with Crippen molar-refractivity contribution < 1.29 is 9.21 Å². The van der Waals surface area contributed by atoms with Crippen molar-refractivity contribution in [1.82, 2.24) is 4.90 Å². The van der Waals surface area contributed by atoms with Gasteiger partial charge < -0.3 is 15.1 Å². The molecule has 1 unspecified atom stereocenters. The van der Waals surface area contributed by atoms with Crippen LogP contribution in [-0.2, 0) is 0 Å². The summed E-state index contributed by atoms with van der Waals surface area (Å²) in [6.07, 6.45) is 1.51. The lowest BCUT2D eigenvalue weighted by molar-refractivity contribution is 0.0749. The summed E-state index contributed by atoms with van der Waals surface area (Å²) in [5.41, 5.74) is 6.87. The van der Waals surface area contributed by atoms with E-state index in [0.29, 0.717) is 12.1 Å². The largest absolute Gasteiger partial charge is 0.463 e. The molecule has 0 fully saturated rings. The first-order valence-corrected chi connectivity index (χ1v) is 5.58. The van der Waals surface area contributed by atoms with E-state index < -0.39 is 0 Å². The smallest absolute Gasteiger partial charge is 0.257 e. The molecular formula is C13H17ClN2O2. The predicted octanol–water partition coefficient (Wildman–Crippen LogP) is 2.27. The van der Waals surface area contributed by atoms with Crippen LogP contribution in [0.3, 0.4) is 0 Å². The average molecular weight is 269 g/mol. The number of carbonyl (C=O) groups excluding carboxylic acids is 1. The summed E-state index contributed by atoms with van der Waals surface area (Å²) in [7, 11) is 1.75. The SMILES string of the molecule is CC(CN)N(C)C(=O)c1coc2ccccc12.Cl. The molecule has 1 aromatic heterocycles. The topological polar surface area (TPSA) is 59.5 Å². The molecule has 1 amide bonds. The first-order chi connectivity index (χ1) is 8.15. The zero-order valence-electron chi connectivity index (χ0n) is 10.4. The molecule has 18 heavy (non-hydrogen) atoms. The van der Waals surface area contributed by atoms with E-state index in [0.717, 1.165) is 11.0 Å². The summed E-state index contributed by atoms with van der Waals surface area (Å²) < 4.78 is 5.35. The van der Waals surface area contributed by atoms with Crippen LogP contribution in [0.4, 0.5) is 0 Å². The highest BCUT2D eigenvalue weighted by atomic mass is 35.5. The fraction of sp³-hybridized carbons (Fsp3) is 0.308. The Kier molecular flexibility index (Phi) is 4.76. The molecule has 0 spiro atoms. The third-order valence-corrected chi connectivity index (χ3v) is 3.03. The minimum absolute atomic E-state index is 0. The zero-order valence-corrected chi connectivity index (χ0v) is 11.2. The van der Waals surface area contributed by atoms with Gasteiger partial charge in [-0.05, 0) is 13.0 Å². The summed E-state index contributed by atoms with van der Waals surface area (Å²) in [5, 5.41) is 0.841. The van der Waals surface area contributed by atoms with Gasteiger partial charge in [-0.15, -0.1) is 12.4 Å². The number of para-hydroxylation sites is 1. The van der Waals surface area contributed by atoms with Gasteiger partial charge in [0.2, 0.25) is 0 Å². The Balaban J connectivity index is 0.00000162. The van der Waals surface area contributed by atoms with Gasteiger partial charge in [0.25, 0.3) is 5.91 Å². The number of amides is 1. The molecule has 0 aliphatic carbocycles. The van der Waals surface area contributed by atoms with Crippen LogP contribution in [0, 0.1) is 0 Å². The van der Waals surface area contributed by atoms with Crippen LogP contribution >= 0.6 is 12.4 Å². The quantitative estimate of drug-likeness (QED) is 0.929. The van der Waals surface area contributed by atoms with E-state index in [1.165, 1.54) is 6.26 Å². The number of carbonyl (C=O) groups is 1. The van der Waals surface area contributed by atoms with E-state index in [2.05, 4.69) is 0 Å². The molecule has 2 N–H and O–H groups in total. The van der Waals surface area contributed by atoms with E-state index in [9.17, 15) is 4.79 Å². The van der Waals surface area contributed by atoms with Gasteiger partial charge >= 0.3 is 0 Å². The van der Waals surface area contributed by atoms with E-state index in [1.807, 2.05) is 31.2 Å². The lowest BCUT2D eigenvalue weighted by atomic mass is 10.1. The minimum Gasteiger partial charge on any atom is -0.463 e. The average Bonchev–Trinajstić information content (AvgIpc) is 2.79. The predicted molar refractivity (Wildman–Crippen MR) is 74.1 cm³/mol. The normalized spacial score (nSPS) is 11.9. The zero-order chi connectivity index (χ0) is 12.4. The molecule has 0 saturated carbocycles. The monoisotopic (exact) mass is 268 g/mol. The molecule has 98 valence electrons. The Bertz CT molecular complexity index is 539. The Labute approximate surface area is 112 Å². The first kappa shape index (κ1) is 14.5. The molecule has 0 bridgehead atoms. The van der Waals surface area contributed by atoms with Crippen molar-refractivity contribution in [2.75, 3.05) is 13.6 Å². The number of benzene rings is 1. The first-order valence-electron chi connectivity index (χ1n) is 5.58. The Morgan fingerprint density at radius 3 is 2.78 bits per heavy atom. The van der Waals surface area contributed by atoms with Crippen molar-refractivity contribution in [3.8, 4) is 0 Å². The maximum atomic E-state index is 12.2. The fourth-order valence-corrected chi connectivity index (χ4v) is 1.69. The minimum atomic E-state index is -0.0621. The number of likely N-dealkylation sites (N-methyl/N-ethyl adjacent to an activating group) is 1. The molecule has 0 aliphatic rings. The number of furan rings is 1. The molecule has 4 nitrogen and oxygen atoms in total. The second-order valence-corrected chi connectivity index (χ2v) is 4.15. The van der Waals surface area contributed by atoms with E-state index in [4.69, 9.17) is 10.2 Å². The number of nitrogens with two attached hydrogens (primary N) is 1. The van der Waals surface area contributed by atoms with E-state index in [-0.39, 0.29) is 24.4 Å². The number of halogens is 1. The van der Waals surface area contributed by atoms with Crippen LogP contribution in [-0.4, -0.2) is 30.4 Å². The number of fused-ring (bicyclic) bond motifs is 1. The maximum absolute atomic E-state index is 12.2. The van der Waals surface area contributed by atoms with Crippen LogP contribution in [0.2, 0.25) is 0 Å². The summed E-state index contributed by atoms with van der Waals surface area (Å²) in [6.45, 7) is 2.36. The molecule has 0 saturated heterocycles. The standard InChI is InChI=1S/C13H16N2O2.ClH/c1-9(7-14)15(2)13(16)11-8-17-12-6-4-3-5-10(11)12;/h3-6,8-9H,7,14H2,1-2H3;1H. The van der Waals surface area contributed by atoms with Gasteiger partial charge in [0.1, 0.15) is 11.8 Å². The number of rotatable bonds is 3. The van der Waals surface area contributed by atoms with Crippen molar-refractivity contribution in [3.05, 3.63) is 36.1 Å². The van der Waals surface area contributed by atoms with Crippen LogP contribution < -0.4 is 5.73 Å². The summed E-state index contributed by atoms with van der Waals surface area (Å²) in [5.74, 6) is -0.0621. The lowest BCUT2D eigenvalue weighted by Crippen LogP contribution is -2.39. The fourth-order valence-electron chi connectivity index (χ4n) is 1.69. The number of hydrogen-bond donors (Lipinski definition) is 1. The molecule has 1 atom stereocenters. The van der Waals surface area contributed by atoms with Crippen LogP contribution in [0.25, 0.3) is 11.0 Å². The van der Waals surface area contributed by atoms with Crippen LogP contribution in [0.1, 0.15) is 17.3 Å². The summed E-state index contributed by atoms with van der Waals surface area (Å²) in [4.78, 5) is 13.9. The van der Waals surface area contributed by atoms with E-state index >= 15 is 0 Å². The molecule has 1 aromatic carbocycles. The van der Waals surface area contributed by atoms with Gasteiger partial charge in [-0.1, -0.05) is 18.2 Å². The van der Waals surface area contributed by atoms with E-state index in [1.54, 1.807) is 11.9 Å². The number of hydrogen-bond acceptors (Lipinski definition) is 3. The molecule has 0 aliphatic heterocycles. The Morgan fingerprint density at radius 1 is 1.44 bits per heavy atom. The molecular weight excluding hydrogens is 252 g/mol. The Morgan fingerprint density at radius 2 is 2.11 bits per heavy atom. The van der Waals surface area contributed by atoms with Crippen molar-refractivity contribution in [3.63, 3.8) is 0 Å². The highest BCUT2D eigenvalue weighted by Crippen LogP contribution is 2.22. The van der Waals surface area contributed by atoms with Gasteiger partial charge in [-0.25, -0.2) is 0 Å². The van der Waals surface area contributed by atoms with Crippen molar-refractivity contribution in [2.24, 2.45) is 5.73 Å². The third-order valence-electron chi connectivity index (χ3n) is 3.03. The number of nitrogens with zero attached hydrogens (tertiary/aromatic N) is 1. The van der Waals surface area contributed by atoms with Crippen molar-refractivity contribution >= 4 is 29.3 Å². The van der Waals surface area contributed by atoms with Crippen LogP contribution in [0.15, 0.2) is 34.9 Å². The van der Waals surface area contributed by atoms with Crippen LogP contribution in [0.5, 0.6) is 0 Å². The van der Waals surface area contributed by atoms with Gasteiger partial charge in [0.05, 0.1) is 5.56 Å². The summed E-state index contributed by atoms with van der Waals surface area (Å²) in [6, 6.07) is 7.51. The molecule has 5 heteroatoms. The van der Waals surface area contributed by atoms with Gasteiger partial charge in [-0.2, -0.15) is 0 Å².